The quantitative estimate of drug-likeness (QED) is 0.270. The van der Waals surface area contributed by atoms with Crippen LogP contribution in [0.2, 0.25) is 0 Å². The minimum absolute atomic E-state index is 0.143. The van der Waals surface area contributed by atoms with Crippen molar-refractivity contribution >= 4 is 23.3 Å². The van der Waals surface area contributed by atoms with Crippen molar-refractivity contribution in [3.8, 4) is 28.8 Å². The first kappa shape index (κ1) is 31.0. The van der Waals surface area contributed by atoms with Gasteiger partial charge in [-0.05, 0) is 74.8 Å². The molecule has 246 valence electrons. The SMILES string of the molecule is COCOc1ccccc1-c1cc(N2CC3CCC(C2)N3c2ccnc(C#C[C@H]3C[C@H](OC4CCN(C(=O)O)CC4)C3)c2)c(N)nn1. The number of para-hydroxylation sites is 1. The average Bonchev–Trinajstić information content (AvgIpc) is 3.34. The molecule has 4 fully saturated rings. The van der Waals surface area contributed by atoms with Crippen LogP contribution in [0, 0.1) is 17.8 Å². The number of fused-ring (bicyclic) bond motifs is 2. The first-order valence-electron chi connectivity index (χ1n) is 16.4. The van der Waals surface area contributed by atoms with Crippen LogP contribution in [-0.2, 0) is 9.47 Å². The van der Waals surface area contributed by atoms with Crippen molar-refractivity contribution in [2.24, 2.45) is 5.92 Å². The summed E-state index contributed by atoms with van der Waals surface area (Å²) < 4.78 is 17.1. The number of pyridine rings is 1. The van der Waals surface area contributed by atoms with Crippen molar-refractivity contribution in [2.45, 2.75) is 62.8 Å². The zero-order valence-corrected chi connectivity index (χ0v) is 26.6. The number of piperazine rings is 1. The number of aromatic nitrogens is 3. The molecule has 2 aromatic heterocycles. The summed E-state index contributed by atoms with van der Waals surface area (Å²) in [5, 5.41) is 17.9. The third-order valence-corrected chi connectivity index (χ3v) is 9.76. The van der Waals surface area contributed by atoms with E-state index in [0.29, 0.717) is 48.4 Å². The van der Waals surface area contributed by atoms with Crippen LogP contribution >= 0.6 is 0 Å². The van der Waals surface area contributed by atoms with Crippen LogP contribution in [0.4, 0.5) is 22.0 Å². The van der Waals surface area contributed by atoms with Crippen molar-refractivity contribution in [3.05, 3.63) is 54.4 Å². The molecular weight excluding hydrogens is 598 g/mol. The van der Waals surface area contributed by atoms with Crippen molar-refractivity contribution in [1.29, 1.82) is 0 Å². The Hall–Kier alpha value is -4.60. The van der Waals surface area contributed by atoms with E-state index in [9.17, 15) is 4.79 Å². The lowest BCUT2D eigenvalue weighted by Crippen LogP contribution is -2.54. The number of carboxylic acid groups (broad SMARTS) is 1. The topological polar surface area (TPSA) is 139 Å². The highest BCUT2D eigenvalue weighted by Crippen LogP contribution is 2.39. The molecular formula is C35H41N7O5. The molecule has 1 amide bonds. The van der Waals surface area contributed by atoms with Gasteiger partial charge in [-0.2, -0.15) is 0 Å². The van der Waals surface area contributed by atoms with E-state index in [0.717, 1.165) is 74.2 Å². The highest BCUT2D eigenvalue weighted by Gasteiger charge is 2.41. The van der Waals surface area contributed by atoms with Gasteiger partial charge in [0, 0.05) is 68.7 Å². The van der Waals surface area contributed by atoms with E-state index in [1.165, 1.54) is 4.90 Å². The summed E-state index contributed by atoms with van der Waals surface area (Å²) in [7, 11) is 1.60. The molecule has 3 aliphatic heterocycles. The van der Waals surface area contributed by atoms with E-state index in [1.54, 1.807) is 7.11 Å². The number of hydrogen-bond donors (Lipinski definition) is 2. The Morgan fingerprint density at radius 2 is 1.79 bits per heavy atom. The number of nitrogen functional groups attached to an aromatic ring is 1. The number of benzene rings is 1. The van der Waals surface area contributed by atoms with Gasteiger partial charge in [-0.25, -0.2) is 9.78 Å². The lowest BCUT2D eigenvalue weighted by Gasteiger charge is -2.43. The van der Waals surface area contributed by atoms with Crippen LogP contribution in [0.25, 0.3) is 11.3 Å². The van der Waals surface area contributed by atoms with Crippen LogP contribution in [0.15, 0.2) is 48.7 Å². The van der Waals surface area contributed by atoms with E-state index >= 15 is 0 Å². The minimum Gasteiger partial charge on any atom is -0.467 e. The second-order valence-corrected chi connectivity index (χ2v) is 12.8. The van der Waals surface area contributed by atoms with Crippen molar-refractivity contribution < 1.29 is 24.1 Å². The normalized spacial score (nSPS) is 24.0. The molecule has 0 radical (unpaired) electrons. The summed E-state index contributed by atoms with van der Waals surface area (Å²) in [5.74, 6) is 8.14. The zero-order valence-electron chi connectivity index (χ0n) is 26.6. The molecule has 47 heavy (non-hydrogen) atoms. The van der Waals surface area contributed by atoms with Gasteiger partial charge in [0.25, 0.3) is 0 Å². The summed E-state index contributed by atoms with van der Waals surface area (Å²) in [6.45, 7) is 2.90. The predicted molar refractivity (Wildman–Crippen MR) is 177 cm³/mol. The Kier molecular flexibility index (Phi) is 9.00. The van der Waals surface area contributed by atoms with Crippen molar-refractivity contribution in [2.75, 3.05) is 55.6 Å². The molecule has 12 nitrogen and oxygen atoms in total. The monoisotopic (exact) mass is 639 g/mol. The van der Waals surface area contributed by atoms with Crippen LogP contribution in [-0.4, -0.2) is 95.7 Å². The van der Waals surface area contributed by atoms with Crippen LogP contribution in [0.3, 0.4) is 0 Å². The molecule has 3 aromatic rings. The molecule has 5 heterocycles. The third kappa shape index (κ3) is 6.77. The van der Waals surface area contributed by atoms with Gasteiger partial charge in [-0.3, -0.25) is 0 Å². The minimum atomic E-state index is -0.843. The lowest BCUT2D eigenvalue weighted by atomic mass is 9.82. The Labute approximate surface area is 274 Å². The van der Waals surface area contributed by atoms with Crippen LogP contribution in [0.5, 0.6) is 5.75 Å². The average molecular weight is 640 g/mol. The number of amides is 1. The standard InChI is InChI=1S/C35H41N7O5/c1-45-22-46-33-5-3-2-4-30(33)31-19-32(34(36)39-38-31)41-20-26-8-9-27(21-41)42(26)25-10-13-37-24(18-25)7-6-23-16-29(17-23)47-28-11-14-40(15-12-28)35(43)44/h2-5,10,13,18-19,23,26-29H,8-9,11-12,14-17,20-22H2,1H3,(H2,36,39)(H,43,44)/t23-,26?,27?,29-. The number of ether oxygens (including phenoxy) is 3. The van der Waals surface area contributed by atoms with Gasteiger partial charge in [0.15, 0.2) is 12.6 Å². The first-order chi connectivity index (χ1) is 22.9. The third-order valence-electron chi connectivity index (χ3n) is 9.76. The van der Waals surface area contributed by atoms with Crippen LogP contribution < -0.4 is 20.3 Å². The largest absolute Gasteiger partial charge is 0.467 e. The Bertz CT molecular complexity index is 1630. The van der Waals surface area contributed by atoms with Gasteiger partial charge in [0.05, 0.1) is 23.6 Å². The highest BCUT2D eigenvalue weighted by atomic mass is 16.7. The molecule has 12 heteroatoms. The first-order valence-corrected chi connectivity index (χ1v) is 16.4. The summed E-state index contributed by atoms with van der Waals surface area (Å²) in [5.41, 5.74) is 10.8. The van der Waals surface area contributed by atoms with Crippen LogP contribution in [0.1, 0.15) is 44.2 Å². The van der Waals surface area contributed by atoms with E-state index in [-0.39, 0.29) is 19.0 Å². The maximum absolute atomic E-state index is 11.1. The fraction of sp³-hybridized carbons (Fsp3) is 0.486. The van der Waals surface area contributed by atoms with Crippen molar-refractivity contribution in [3.63, 3.8) is 0 Å². The fourth-order valence-corrected chi connectivity index (χ4v) is 7.30. The van der Waals surface area contributed by atoms with E-state index < -0.39 is 6.09 Å². The van der Waals surface area contributed by atoms with E-state index in [4.69, 9.17) is 25.1 Å². The Balaban J connectivity index is 0.975. The Morgan fingerprint density at radius 3 is 2.53 bits per heavy atom. The highest BCUT2D eigenvalue weighted by molar-refractivity contribution is 5.75. The molecule has 0 spiro atoms. The summed E-state index contributed by atoms with van der Waals surface area (Å²) in [6, 6.07) is 14.6. The molecule has 2 unspecified atom stereocenters. The number of nitrogens with zero attached hydrogens (tertiary/aromatic N) is 6. The van der Waals surface area contributed by atoms with Gasteiger partial charge in [0.1, 0.15) is 11.4 Å². The number of carbonyl (C=O) groups is 1. The fourth-order valence-electron chi connectivity index (χ4n) is 7.30. The summed E-state index contributed by atoms with van der Waals surface area (Å²) in [6.07, 6.45) is 6.93. The molecule has 3 saturated heterocycles. The number of piperidine rings is 1. The van der Waals surface area contributed by atoms with Gasteiger partial charge in [0.2, 0.25) is 0 Å². The molecule has 1 aliphatic carbocycles. The van der Waals surface area contributed by atoms with Gasteiger partial charge >= 0.3 is 6.09 Å². The maximum Gasteiger partial charge on any atom is 0.407 e. The summed E-state index contributed by atoms with van der Waals surface area (Å²) >= 11 is 0. The van der Waals surface area contributed by atoms with Gasteiger partial charge in [-0.1, -0.05) is 18.1 Å². The number of nitrogens with two attached hydrogens (primary N) is 1. The number of hydrogen-bond acceptors (Lipinski definition) is 10. The Morgan fingerprint density at radius 1 is 1.02 bits per heavy atom. The molecule has 2 atom stereocenters. The maximum atomic E-state index is 11.1. The van der Waals surface area contributed by atoms with E-state index in [2.05, 4.69) is 49.0 Å². The second kappa shape index (κ2) is 13.6. The van der Waals surface area contributed by atoms with Gasteiger partial charge in [-0.15, -0.1) is 10.2 Å². The van der Waals surface area contributed by atoms with Crippen molar-refractivity contribution in [1.82, 2.24) is 20.1 Å². The van der Waals surface area contributed by atoms with Gasteiger partial charge < -0.3 is 39.8 Å². The molecule has 1 saturated carbocycles. The predicted octanol–water partition coefficient (Wildman–Crippen LogP) is 4.25. The number of methoxy groups -OCH3 is 1. The van der Waals surface area contributed by atoms with E-state index in [1.807, 2.05) is 36.5 Å². The molecule has 1 aromatic carbocycles. The molecule has 3 N–H and O–H groups in total. The molecule has 4 aliphatic rings. The number of likely N-dealkylation sites (tertiary alicyclic amines) is 1. The second-order valence-electron chi connectivity index (χ2n) is 12.8. The molecule has 7 rings (SSSR count). The summed E-state index contributed by atoms with van der Waals surface area (Å²) in [4.78, 5) is 22.0. The number of rotatable bonds is 8. The smallest absolute Gasteiger partial charge is 0.407 e. The zero-order chi connectivity index (χ0) is 32.3. The number of anilines is 3. The molecule has 2 bridgehead atoms. The lowest BCUT2D eigenvalue weighted by molar-refractivity contribution is -0.0824.